The molecule has 0 aliphatic rings. The summed E-state index contributed by atoms with van der Waals surface area (Å²) < 4.78 is 10.6. The van der Waals surface area contributed by atoms with Crippen molar-refractivity contribution in [1.82, 2.24) is 5.43 Å². The van der Waals surface area contributed by atoms with Crippen LogP contribution in [0.3, 0.4) is 0 Å². The molecule has 1 atom stereocenters. The maximum absolute atomic E-state index is 5.71. The summed E-state index contributed by atoms with van der Waals surface area (Å²) in [4.78, 5) is 1.27. The number of benzene rings is 1. The minimum absolute atomic E-state index is 0.105. The van der Waals surface area contributed by atoms with Crippen molar-refractivity contribution in [3.8, 4) is 11.5 Å². The summed E-state index contributed by atoms with van der Waals surface area (Å²) in [6, 6.07) is 8.16. The summed E-state index contributed by atoms with van der Waals surface area (Å²) in [5.74, 6) is 7.18. The molecular weight excluding hydrogens is 272 g/mol. The van der Waals surface area contributed by atoms with Crippen LogP contribution in [-0.4, -0.2) is 14.2 Å². The van der Waals surface area contributed by atoms with Crippen LogP contribution in [0.15, 0.2) is 29.6 Å². The standard InChI is InChI=1S/C15H20N2O2S/c1-10-6-7-20-15(10)12(17-16)8-11-4-5-13(18-2)14(9-11)19-3/h4-7,9,12,17H,8,16H2,1-3H3. The van der Waals surface area contributed by atoms with Crippen molar-refractivity contribution < 1.29 is 9.47 Å². The second kappa shape index (κ2) is 6.74. The van der Waals surface area contributed by atoms with Crippen LogP contribution < -0.4 is 20.7 Å². The number of nitrogens with one attached hydrogen (secondary N) is 1. The zero-order valence-electron chi connectivity index (χ0n) is 12.0. The van der Waals surface area contributed by atoms with Gasteiger partial charge in [-0.05, 0) is 48.1 Å². The Bertz CT molecular complexity index is 569. The molecule has 0 aliphatic heterocycles. The Morgan fingerprint density at radius 1 is 1.20 bits per heavy atom. The molecule has 0 amide bonds. The summed E-state index contributed by atoms with van der Waals surface area (Å²) in [7, 11) is 3.28. The summed E-state index contributed by atoms with van der Waals surface area (Å²) in [6.45, 7) is 2.10. The van der Waals surface area contributed by atoms with Crippen molar-refractivity contribution >= 4 is 11.3 Å². The molecule has 1 aromatic heterocycles. The predicted molar refractivity (Wildman–Crippen MR) is 82.4 cm³/mol. The molecule has 0 aliphatic carbocycles. The Morgan fingerprint density at radius 3 is 2.50 bits per heavy atom. The highest BCUT2D eigenvalue weighted by molar-refractivity contribution is 7.10. The monoisotopic (exact) mass is 292 g/mol. The number of aryl methyl sites for hydroxylation is 1. The van der Waals surface area contributed by atoms with Gasteiger partial charge in [0.1, 0.15) is 0 Å². The topological polar surface area (TPSA) is 56.5 Å². The van der Waals surface area contributed by atoms with E-state index < -0.39 is 0 Å². The summed E-state index contributed by atoms with van der Waals surface area (Å²) in [5, 5.41) is 2.09. The van der Waals surface area contributed by atoms with E-state index >= 15 is 0 Å². The van der Waals surface area contributed by atoms with Crippen molar-refractivity contribution in [2.75, 3.05) is 14.2 Å². The van der Waals surface area contributed by atoms with Gasteiger partial charge in [0.15, 0.2) is 11.5 Å². The molecule has 1 aromatic carbocycles. The van der Waals surface area contributed by atoms with Gasteiger partial charge in [-0.1, -0.05) is 6.07 Å². The maximum Gasteiger partial charge on any atom is 0.160 e. The SMILES string of the molecule is COc1ccc(CC(NN)c2sccc2C)cc1OC. The fourth-order valence-corrected chi connectivity index (χ4v) is 3.20. The van der Waals surface area contributed by atoms with Crippen molar-refractivity contribution in [2.24, 2.45) is 5.84 Å². The number of rotatable bonds is 6. The largest absolute Gasteiger partial charge is 0.493 e. The molecule has 1 unspecified atom stereocenters. The average Bonchev–Trinajstić information content (AvgIpc) is 2.90. The Kier molecular flexibility index (Phi) is 5.00. The second-order valence-corrected chi connectivity index (χ2v) is 5.53. The van der Waals surface area contributed by atoms with Gasteiger partial charge in [0.05, 0.1) is 20.3 Å². The minimum atomic E-state index is 0.105. The van der Waals surface area contributed by atoms with Crippen molar-refractivity contribution in [1.29, 1.82) is 0 Å². The van der Waals surface area contributed by atoms with Gasteiger partial charge in [0, 0.05) is 4.88 Å². The molecule has 5 heteroatoms. The van der Waals surface area contributed by atoms with Crippen LogP contribution in [0.2, 0.25) is 0 Å². The molecule has 0 bridgehead atoms. The van der Waals surface area contributed by atoms with Crippen LogP contribution in [0.5, 0.6) is 11.5 Å². The number of hydrazine groups is 1. The van der Waals surface area contributed by atoms with E-state index in [1.54, 1.807) is 25.6 Å². The highest BCUT2D eigenvalue weighted by Gasteiger charge is 2.15. The number of hydrogen-bond acceptors (Lipinski definition) is 5. The van der Waals surface area contributed by atoms with E-state index in [1.165, 1.54) is 10.4 Å². The van der Waals surface area contributed by atoms with Crippen molar-refractivity contribution in [3.05, 3.63) is 45.6 Å². The van der Waals surface area contributed by atoms with Crippen LogP contribution in [0.25, 0.3) is 0 Å². The number of thiophene rings is 1. The molecule has 1 heterocycles. The molecule has 0 spiro atoms. The molecule has 0 fully saturated rings. The van der Waals surface area contributed by atoms with E-state index in [0.717, 1.165) is 23.5 Å². The van der Waals surface area contributed by atoms with E-state index in [2.05, 4.69) is 23.8 Å². The van der Waals surface area contributed by atoms with Gasteiger partial charge in [-0.3, -0.25) is 11.3 Å². The van der Waals surface area contributed by atoms with Crippen LogP contribution >= 0.6 is 11.3 Å². The van der Waals surface area contributed by atoms with E-state index in [4.69, 9.17) is 15.3 Å². The molecule has 20 heavy (non-hydrogen) atoms. The fourth-order valence-electron chi connectivity index (χ4n) is 2.21. The first kappa shape index (κ1) is 14.8. The van der Waals surface area contributed by atoms with E-state index in [1.807, 2.05) is 18.2 Å². The smallest absolute Gasteiger partial charge is 0.160 e. The highest BCUT2D eigenvalue weighted by atomic mass is 32.1. The molecule has 2 rings (SSSR count). The normalized spacial score (nSPS) is 12.2. The van der Waals surface area contributed by atoms with Crippen molar-refractivity contribution in [3.63, 3.8) is 0 Å². The van der Waals surface area contributed by atoms with Gasteiger partial charge in [-0.25, -0.2) is 0 Å². The summed E-state index contributed by atoms with van der Waals surface area (Å²) >= 11 is 1.72. The lowest BCUT2D eigenvalue weighted by Crippen LogP contribution is -2.29. The second-order valence-electron chi connectivity index (χ2n) is 4.58. The van der Waals surface area contributed by atoms with Gasteiger partial charge < -0.3 is 9.47 Å². The third-order valence-electron chi connectivity index (χ3n) is 3.31. The lowest BCUT2D eigenvalue weighted by Gasteiger charge is -2.17. The van der Waals surface area contributed by atoms with Gasteiger partial charge >= 0.3 is 0 Å². The number of nitrogens with two attached hydrogens (primary N) is 1. The zero-order chi connectivity index (χ0) is 14.5. The van der Waals surface area contributed by atoms with Crippen LogP contribution in [-0.2, 0) is 6.42 Å². The van der Waals surface area contributed by atoms with Crippen LogP contribution in [0.4, 0.5) is 0 Å². The molecule has 108 valence electrons. The van der Waals surface area contributed by atoms with Gasteiger partial charge in [0.2, 0.25) is 0 Å². The maximum atomic E-state index is 5.71. The van der Waals surface area contributed by atoms with Gasteiger partial charge in [-0.15, -0.1) is 11.3 Å². The third kappa shape index (κ3) is 3.12. The Hall–Kier alpha value is -1.56. The first-order valence-electron chi connectivity index (χ1n) is 6.40. The van der Waals surface area contributed by atoms with Gasteiger partial charge in [-0.2, -0.15) is 0 Å². The number of hydrogen-bond donors (Lipinski definition) is 2. The third-order valence-corrected chi connectivity index (χ3v) is 4.44. The van der Waals surface area contributed by atoms with E-state index in [0.29, 0.717) is 0 Å². The Morgan fingerprint density at radius 2 is 1.95 bits per heavy atom. The molecule has 4 nitrogen and oxygen atoms in total. The van der Waals surface area contributed by atoms with Crippen LogP contribution in [0.1, 0.15) is 22.0 Å². The molecule has 2 aromatic rings. The van der Waals surface area contributed by atoms with Crippen LogP contribution in [0, 0.1) is 6.92 Å². The summed E-state index contributed by atoms with van der Waals surface area (Å²) in [5.41, 5.74) is 5.31. The first-order chi connectivity index (χ1) is 9.69. The van der Waals surface area contributed by atoms with E-state index in [9.17, 15) is 0 Å². The molecular formula is C15H20N2O2S. The quantitative estimate of drug-likeness (QED) is 0.635. The number of ether oxygens (including phenoxy) is 2. The zero-order valence-corrected chi connectivity index (χ0v) is 12.8. The minimum Gasteiger partial charge on any atom is -0.493 e. The lowest BCUT2D eigenvalue weighted by molar-refractivity contribution is 0.354. The molecule has 3 N–H and O–H groups in total. The Labute approximate surface area is 123 Å². The lowest BCUT2D eigenvalue weighted by atomic mass is 10.0. The number of methoxy groups -OCH3 is 2. The molecule has 0 saturated carbocycles. The Balaban J connectivity index is 2.22. The molecule has 0 saturated heterocycles. The average molecular weight is 292 g/mol. The van der Waals surface area contributed by atoms with E-state index in [-0.39, 0.29) is 6.04 Å². The molecule has 0 radical (unpaired) electrons. The highest BCUT2D eigenvalue weighted by Crippen LogP contribution is 2.31. The summed E-state index contributed by atoms with van der Waals surface area (Å²) in [6.07, 6.45) is 0.804. The first-order valence-corrected chi connectivity index (χ1v) is 7.28. The van der Waals surface area contributed by atoms with Gasteiger partial charge in [0.25, 0.3) is 0 Å². The fraction of sp³-hybridized carbons (Fsp3) is 0.333. The predicted octanol–water partition coefficient (Wildman–Crippen LogP) is 2.82. The van der Waals surface area contributed by atoms with Crippen molar-refractivity contribution in [2.45, 2.75) is 19.4 Å².